The molecule has 7 nitrogen and oxygen atoms in total. The molecule has 2 rings (SSSR count). The number of aromatic nitrogens is 1. The molecule has 8 heteroatoms. The number of nitrogens with zero attached hydrogens (tertiary/aromatic N) is 1. The van der Waals surface area contributed by atoms with E-state index in [-0.39, 0.29) is 12.5 Å². The molecule has 0 saturated heterocycles. The molecule has 0 saturated carbocycles. The molecule has 0 aliphatic heterocycles. The molecule has 102 valence electrons. The summed E-state index contributed by atoms with van der Waals surface area (Å²) >= 11 is 0. The maximum Gasteiger partial charge on any atom is 0.283 e. The number of carbonyl (C=O) groups is 1. The Morgan fingerprint density at radius 2 is 1.63 bits per heavy atom. The van der Waals surface area contributed by atoms with Gasteiger partial charge in [-0.05, 0) is 12.1 Å². The van der Waals surface area contributed by atoms with Gasteiger partial charge >= 0.3 is 0 Å². The molecule has 1 aromatic heterocycles. The molecule has 0 unspecified atom stereocenters. The van der Waals surface area contributed by atoms with E-state index in [9.17, 15) is 4.79 Å². The molecule has 1 amide bonds. The normalized spacial score (nSPS) is 10.7. The largest absolute Gasteiger partial charge is 0.364 e. The third-order valence-corrected chi connectivity index (χ3v) is 2.11. The number of primary amides is 1. The highest BCUT2D eigenvalue weighted by Gasteiger charge is 2.09. The van der Waals surface area contributed by atoms with E-state index < -0.39 is 10.2 Å². The Hall–Kier alpha value is -1.77. The number of carbonyl (C=O) groups excluding carboxylic acids is 1. The first-order chi connectivity index (χ1) is 8.77. The number of benzene rings is 1. The van der Waals surface area contributed by atoms with Crippen LogP contribution in [0.4, 0.5) is 0 Å². The number of hydrogen-bond donors (Lipinski definition) is 1. The lowest BCUT2D eigenvalue weighted by molar-refractivity contribution is -2.00. The number of amides is 1. The van der Waals surface area contributed by atoms with Gasteiger partial charge in [-0.1, -0.05) is 12.1 Å². The lowest BCUT2D eigenvalue weighted by atomic mass is 10.2. The molecule has 0 spiro atoms. The van der Waals surface area contributed by atoms with E-state index in [1.165, 1.54) is 0 Å². The van der Waals surface area contributed by atoms with E-state index in [0.29, 0.717) is 0 Å². The van der Waals surface area contributed by atoms with Gasteiger partial charge < -0.3 is 5.73 Å². The number of rotatable bonds is 2. The van der Waals surface area contributed by atoms with E-state index in [0.717, 1.165) is 10.9 Å². The summed E-state index contributed by atoms with van der Waals surface area (Å²) < 4.78 is 35.8. The van der Waals surface area contributed by atoms with Crippen LogP contribution >= 0.6 is 0 Å². The number of para-hydroxylation sites is 1. The first-order valence-electron chi connectivity index (χ1n) is 5.04. The molecule has 0 radical (unpaired) electrons. The van der Waals surface area contributed by atoms with Gasteiger partial charge in [-0.3, -0.25) is 4.79 Å². The van der Waals surface area contributed by atoms with Crippen molar-refractivity contribution in [2.45, 2.75) is 6.54 Å². The zero-order chi connectivity index (χ0) is 14.5. The fraction of sp³-hybridized carbons (Fsp3) is 0.0909. The van der Waals surface area contributed by atoms with Crippen LogP contribution in [0, 0.1) is 10.2 Å². The van der Waals surface area contributed by atoms with Crippen LogP contribution in [0.3, 0.4) is 0 Å². The molecule has 0 atom stereocenters. The Balaban J connectivity index is 0.000000312. The second kappa shape index (κ2) is 6.41. The lowest BCUT2D eigenvalue weighted by Crippen LogP contribution is -2.68. The number of halogens is 1. The van der Waals surface area contributed by atoms with E-state index in [4.69, 9.17) is 24.4 Å². The van der Waals surface area contributed by atoms with E-state index >= 15 is 0 Å². The van der Waals surface area contributed by atoms with Crippen LogP contribution in [0.1, 0.15) is 0 Å². The third kappa shape index (κ3) is 6.09. The maximum atomic E-state index is 10.8. The van der Waals surface area contributed by atoms with Crippen molar-refractivity contribution >= 4 is 16.8 Å². The third-order valence-electron chi connectivity index (χ3n) is 2.11. The Bertz CT molecular complexity index is 559. The fourth-order valence-electron chi connectivity index (χ4n) is 1.53. The smallest absolute Gasteiger partial charge is 0.283 e. The Morgan fingerprint density at radius 3 is 2.21 bits per heavy atom. The first-order valence-corrected chi connectivity index (χ1v) is 6.28. The van der Waals surface area contributed by atoms with Crippen molar-refractivity contribution in [1.82, 2.24) is 0 Å². The molecule has 0 aliphatic carbocycles. The van der Waals surface area contributed by atoms with Crippen LogP contribution in [-0.2, 0) is 11.3 Å². The molecular weight excluding hydrogens is 276 g/mol. The lowest BCUT2D eigenvalue weighted by Gasteiger charge is -2.17. The van der Waals surface area contributed by atoms with E-state index in [1.54, 1.807) is 0 Å². The van der Waals surface area contributed by atoms with Crippen molar-refractivity contribution in [1.29, 1.82) is 0 Å². The number of fused-ring (bicyclic) bond motifs is 1. The van der Waals surface area contributed by atoms with Crippen molar-refractivity contribution in [3.8, 4) is 0 Å². The maximum absolute atomic E-state index is 10.8. The Kier molecular flexibility index (Phi) is 5.16. The average Bonchev–Trinajstić information content (AvgIpc) is 2.26. The number of nitrogens with two attached hydrogens (primary N) is 1. The Labute approximate surface area is 110 Å². The number of pyridine rings is 1. The molecule has 1 heterocycles. The van der Waals surface area contributed by atoms with Gasteiger partial charge in [-0.15, -0.1) is 10.2 Å². The molecule has 0 fully saturated rings. The van der Waals surface area contributed by atoms with Gasteiger partial charge in [0.25, 0.3) is 5.91 Å². The van der Waals surface area contributed by atoms with Gasteiger partial charge in [-0.2, -0.15) is 4.57 Å². The van der Waals surface area contributed by atoms with Crippen LogP contribution in [0.5, 0.6) is 0 Å². The number of hydrogen-bond acceptors (Lipinski definition) is 5. The molecule has 0 bridgehead atoms. The van der Waals surface area contributed by atoms with Crippen LogP contribution in [-0.4, -0.2) is 5.91 Å². The van der Waals surface area contributed by atoms with Crippen LogP contribution in [0.2, 0.25) is 0 Å². The summed E-state index contributed by atoms with van der Waals surface area (Å²) in [5.41, 5.74) is 6.18. The minimum Gasteiger partial charge on any atom is -0.364 e. The average molecular weight is 287 g/mol. The minimum atomic E-state index is -4.94. The van der Waals surface area contributed by atoms with Crippen LogP contribution in [0.15, 0.2) is 42.6 Å². The monoisotopic (exact) mass is 286 g/mol. The second-order valence-corrected chi connectivity index (χ2v) is 4.30. The van der Waals surface area contributed by atoms with E-state index in [2.05, 4.69) is 0 Å². The minimum absolute atomic E-state index is 0.224. The highest BCUT2D eigenvalue weighted by atomic mass is 35.7. The summed E-state index contributed by atoms with van der Waals surface area (Å²) in [6.07, 6.45) is 1.85. The predicted molar refractivity (Wildman–Crippen MR) is 53.3 cm³/mol. The second-order valence-electron chi connectivity index (χ2n) is 3.54. The van der Waals surface area contributed by atoms with Crippen LogP contribution < -0.4 is 28.9 Å². The topological polar surface area (TPSA) is 139 Å². The van der Waals surface area contributed by atoms with Gasteiger partial charge in [0.15, 0.2) is 6.20 Å². The SMILES string of the molecule is NC(=O)C[n+]1cccc2ccccc21.[O-][Cl+3]([O-])([O-])[O-]. The zero-order valence-electron chi connectivity index (χ0n) is 9.69. The fourth-order valence-corrected chi connectivity index (χ4v) is 1.53. The zero-order valence-corrected chi connectivity index (χ0v) is 10.4. The summed E-state index contributed by atoms with van der Waals surface area (Å²) in [5, 5.41) is 1.11. The highest BCUT2D eigenvalue weighted by molar-refractivity contribution is 5.76. The van der Waals surface area contributed by atoms with Gasteiger partial charge in [-0.25, -0.2) is 18.6 Å². The quantitative estimate of drug-likeness (QED) is 0.558. The molecule has 1 aromatic carbocycles. The van der Waals surface area contributed by atoms with Crippen molar-refractivity contribution < 1.29 is 38.2 Å². The summed E-state index contributed by atoms with van der Waals surface area (Å²) in [4.78, 5) is 10.8. The van der Waals surface area contributed by atoms with Gasteiger partial charge in [0.1, 0.15) is 0 Å². The van der Waals surface area contributed by atoms with Crippen LogP contribution in [0.25, 0.3) is 10.9 Å². The molecule has 2 aromatic rings. The summed E-state index contributed by atoms with van der Waals surface area (Å²) in [6.45, 7) is 0.224. The summed E-state index contributed by atoms with van der Waals surface area (Å²) in [6, 6.07) is 11.8. The van der Waals surface area contributed by atoms with Gasteiger partial charge in [0.05, 0.1) is 0 Å². The van der Waals surface area contributed by atoms with Crippen molar-refractivity contribution in [3.63, 3.8) is 0 Å². The molecule has 0 aliphatic rings. The standard InChI is InChI=1S/C11H10N2O.ClHO4/c12-11(14)8-13-7-3-5-9-4-1-2-6-10(9)13;2-1(3,4)5/h1-7H,8H2,(H-,12,14);(H,2,3,4,5). The van der Waals surface area contributed by atoms with Crippen molar-refractivity contribution in [3.05, 3.63) is 42.6 Å². The first kappa shape index (κ1) is 15.3. The molecule has 2 N–H and O–H groups in total. The molecule has 19 heavy (non-hydrogen) atoms. The molecular formula is C11H11ClN2O5. The van der Waals surface area contributed by atoms with Crippen molar-refractivity contribution in [2.75, 3.05) is 0 Å². The van der Waals surface area contributed by atoms with E-state index in [1.807, 2.05) is 47.2 Å². The highest BCUT2D eigenvalue weighted by Crippen LogP contribution is 2.07. The van der Waals surface area contributed by atoms with Gasteiger partial charge in [0.2, 0.25) is 12.1 Å². The summed E-state index contributed by atoms with van der Waals surface area (Å²) in [7, 11) is -4.94. The van der Waals surface area contributed by atoms with Crippen molar-refractivity contribution in [2.24, 2.45) is 5.73 Å². The predicted octanol–water partition coefficient (Wildman–Crippen LogP) is -4.14. The van der Waals surface area contributed by atoms with Gasteiger partial charge in [0, 0.05) is 17.5 Å². The summed E-state index contributed by atoms with van der Waals surface area (Å²) in [5.74, 6) is -0.327. The Morgan fingerprint density at radius 1 is 1.11 bits per heavy atom.